The molecule has 0 spiro atoms. The van der Waals surface area contributed by atoms with Gasteiger partial charge in [0.2, 0.25) is 5.82 Å². The van der Waals surface area contributed by atoms with Crippen LogP contribution in [0.4, 0.5) is 0 Å². The van der Waals surface area contributed by atoms with Crippen molar-refractivity contribution in [2.75, 3.05) is 0 Å². The van der Waals surface area contributed by atoms with Crippen molar-refractivity contribution in [3.05, 3.63) is 11.6 Å². The molecule has 0 radical (unpaired) electrons. The van der Waals surface area contributed by atoms with Crippen LogP contribution in [-0.4, -0.2) is 26.7 Å². The third-order valence-corrected chi connectivity index (χ3v) is 3.88. The second-order valence-electron chi connectivity index (χ2n) is 5.24. The smallest absolute Gasteiger partial charge is 0.289 e. The Kier molecular flexibility index (Phi) is 4.93. The van der Waals surface area contributed by atoms with Gasteiger partial charge in [0.1, 0.15) is 5.82 Å². The summed E-state index contributed by atoms with van der Waals surface area (Å²) in [6.45, 7) is 5.04. The molecule has 19 heavy (non-hydrogen) atoms. The fourth-order valence-electron chi connectivity index (χ4n) is 2.57. The first-order valence-electron chi connectivity index (χ1n) is 7.49. The molecule has 0 saturated heterocycles. The number of hydrogen-bond donors (Lipinski definition) is 1. The molecule has 0 aromatic carbocycles. The van der Waals surface area contributed by atoms with E-state index in [0.29, 0.717) is 5.82 Å². The molecule has 0 fully saturated rings. The molecule has 1 aromatic rings. The Labute approximate surface area is 114 Å². The van der Waals surface area contributed by atoms with Crippen LogP contribution in [0.2, 0.25) is 0 Å². The summed E-state index contributed by atoms with van der Waals surface area (Å²) in [5.74, 6) is 1.38. The highest BCUT2D eigenvalue weighted by Gasteiger charge is 2.20. The molecule has 1 aliphatic heterocycles. The lowest BCUT2D eigenvalue weighted by Gasteiger charge is -2.16. The summed E-state index contributed by atoms with van der Waals surface area (Å²) in [6, 6.07) is 0.231. The number of aryl methyl sites for hydroxylation is 1. The molecule has 0 saturated carbocycles. The van der Waals surface area contributed by atoms with Gasteiger partial charge in [-0.25, -0.2) is 0 Å². The van der Waals surface area contributed by atoms with Gasteiger partial charge in [-0.2, -0.15) is 0 Å². The number of carbonyl (C=O) groups is 1. The topological polar surface area (TPSA) is 59.8 Å². The number of amides is 1. The fourth-order valence-corrected chi connectivity index (χ4v) is 2.57. The van der Waals surface area contributed by atoms with E-state index in [1.807, 2.05) is 4.57 Å². The Morgan fingerprint density at radius 3 is 2.68 bits per heavy atom. The monoisotopic (exact) mass is 264 g/mol. The molecule has 0 atom stereocenters. The number of carbonyl (C=O) groups excluding carboxylic acids is 1. The maximum Gasteiger partial charge on any atom is 0.289 e. The Bertz CT molecular complexity index is 423. The van der Waals surface area contributed by atoms with Gasteiger partial charge < -0.3 is 9.88 Å². The van der Waals surface area contributed by atoms with Crippen LogP contribution in [0.1, 0.15) is 68.8 Å². The number of nitrogens with one attached hydrogen (secondary N) is 1. The lowest BCUT2D eigenvalue weighted by Crippen LogP contribution is -2.35. The van der Waals surface area contributed by atoms with Crippen LogP contribution in [0, 0.1) is 0 Å². The van der Waals surface area contributed by atoms with E-state index < -0.39 is 0 Å². The summed E-state index contributed by atoms with van der Waals surface area (Å²) in [4.78, 5) is 12.3. The molecule has 0 unspecified atom stereocenters. The first-order chi connectivity index (χ1) is 9.26. The molecule has 0 bridgehead atoms. The average molecular weight is 264 g/mol. The van der Waals surface area contributed by atoms with E-state index in [2.05, 4.69) is 29.4 Å². The first kappa shape index (κ1) is 14.0. The molecule has 1 amide bonds. The Balaban J connectivity index is 2.13. The summed E-state index contributed by atoms with van der Waals surface area (Å²) < 4.78 is 2.01. The minimum absolute atomic E-state index is 0.0759. The van der Waals surface area contributed by atoms with Crippen molar-refractivity contribution < 1.29 is 4.79 Å². The molecule has 1 N–H and O–H groups in total. The van der Waals surface area contributed by atoms with Gasteiger partial charge in [0, 0.05) is 19.0 Å². The van der Waals surface area contributed by atoms with E-state index in [1.54, 1.807) is 0 Å². The molecule has 5 nitrogen and oxygen atoms in total. The number of aromatic nitrogens is 3. The van der Waals surface area contributed by atoms with Crippen LogP contribution >= 0.6 is 0 Å². The largest absolute Gasteiger partial charge is 0.347 e. The molecule has 5 heteroatoms. The van der Waals surface area contributed by atoms with Crippen LogP contribution in [0.15, 0.2) is 0 Å². The number of nitrogens with zero attached hydrogens (tertiary/aromatic N) is 3. The predicted molar refractivity (Wildman–Crippen MR) is 74.0 cm³/mol. The number of fused-ring (bicyclic) bond motifs is 1. The van der Waals surface area contributed by atoms with Crippen molar-refractivity contribution in [3.8, 4) is 0 Å². The summed E-state index contributed by atoms with van der Waals surface area (Å²) >= 11 is 0. The van der Waals surface area contributed by atoms with Crippen molar-refractivity contribution in [1.29, 1.82) is 0 Å². The van der Waals surface area contributed by atoms with E-state index in [-0.39, 0.29) is 11.9 Å². The Morgan fingerprint density at radius 2 is 1.95 bits per heavy atom. The summed E-state index contributed by atoms with van der Waals surface area (Å²) in [7, 11) is 0. The standard InChI is InChI=1S/C14H24N4O/c1-3-11(4-2)15-14(19)13-17-16-12-9-7-5-6-8-10-18(12)13/h11H,3-10H2,1-2H3,(H,15,19). The van der Waals surface area contributed by atoms with Crippen molar-refractivity contribution in [2.24, 2.45) is 0 Å². The van der Waals surface area contributed by atoms with E-state index in [4.69, 9.17) is 0 Å². The Hall–Kier alpha value is -1.39. The molecule has 2 rings (SSSR count). The fraction of sp³-hybridized carbons (Fsp3) is 0.786. The van der Waals surface area contributed by atoms with Crippen LogP contribution in [0.3, 0.4) is 0 Å². The quantitative estimate of drug-likeness (QED) is 0.907. The molecule has 1 aliphatic rings. The molecular formula is C14H24N4O. The van der Waals surface area contributed by atoms with Crippen LogP contribution in [-0.2, 0) is 13.0 Å². The zero-order chi connectivity index (χ0) is 13.7. The predicted octanol–water partition coefficient (Wildman–Crippen LogP) is 2.31. The van der Waals surface area contributed by atoms with Gasteiger partial charge in [-0.15, -0.1) is 10.2 Å². The van der Waals surface area contributed by atoms with E-state index >= 15 is 0 Å². The normalized spacial score (nSPS) is 15.7. The third kappa shape index (κ3) is 3.33. The van der Waals surface area contributed by atoms with Gasteiger partial charge in [-0.05, 0) is 25.7 Å². The summed E-state index contributed by atoms with van der Waals surface area (Å²) in [5, 5.41) is 11.3. The highest BCUT2D eigenvalue weighted by atomic mass is 16.2. The molecule has 0 aliphatic carbocycles. The van der Waals surface area contributed by atoms with Gasteiger partial charge >= 0.3 is 0 Å². The highest BCUT2D eigenvalue weighted by Crippen LogP contribution is 2.14. The van der Waals surface area contributed by atoms with Gasteiger partial charge in [0.05, 0.1) is 0 Å². The number of hydrogen-bond acceptors (Lipinski definition) is 3. The van der Waals surface area contributed by atoms with Gasteiger partial charge in [0.15, 0.2) is 0 Å². The zero-order valence-electron chi connectivity index (χ0n) is 12.0. The van der Waals surface area contributed by atoms with Gasteiger partial charge in [0.25, 0.3) is 5.91 Å². The highest BCUT2D eigenvalue weighted by molar-refractivity contribution is 5.90. The zero-order valence-corrected chi connectivity index (χ0v) is 12.0. The maximum atomic E-state index is 12.3. The van der Waals surface area contributed by atoms with Crippen molar-refractivity contribution in [2.45, 2.75) is 71.4 Å². The van der Waals surface area contributed by atoms with E-state index in [9.17, 15) is 4.79 Å². The van der Waals surface area contributed by atoms with Crippen molar-refractivity contribution in [3.63, 3.8) is 0 Å². The van der Waals surface area contributed by atoms with Crippen molar-refractivity contribution >= 4 is 5.91 Å². The summed E-state index contributed by atoms with van der Waals surface area (Å²) in [5.41, 5.74) is 0. The van der Waals surface area contributed by atoms with Crippen LogP contribution in [0.5, 0.6) is 0 Å². The maximum absolute atomic E-state index is 12.3. The van der Waals surface area contributed by atoms with Crippen LogP contribution < -0.4 is 5.32 Å². The second-order valence-corrected chi connectivity index (χ2v) is 5.24. The van der Waals surface area contributed by atoms with Gasteiger partial charge in [-0.3, -0.25) is 4.79 Å². The van der Waals surface area contributed by atoms with E-state index in [0.717, 1.165) is 44.5 Å². The molecule has 106 valence electrons. The van der Waals surface area contributed by atoms with Gasteiger partial charge in [-0.1, -0.05) is 26.7 Å². The average Bonchev–Trinajstić information content (AvgIpc) is 2.77. The minimum atomic E-state index is -0.0759. The Morgan fingerprint density at radius 1 is 1.21 bits per heavy atom. The third-order valence-electron chi connectivity index (χ3n) is 3.88. The summed E-state index contributed by atoms with van der Waals surface area (Å²) in [6.07, 6.45) is 7.56. The number of rotatable bonds is 4. The molecular weight excluding hydrogens is 240 g/mol. The van der Waals surface area contributed by atoms with E-state index in [1.165, 1.54) is 12.8 Å². The van der Waals surface area contributed by atoms with Crippen molar-refractivity contribution in [1.82, 2.24) is 20.1 Å². The molecule has 2 heterocycles. The molecule has 1 aromatic heterocycles. The SMILES string of the molecule is CCC(CC)NC(=O)c1nnc2n1CCCCCC2. The minimum Gasteiger partial charge on any atom is -0.347 e. The first-order valence-corrected chi connectivity index (χ1v) is 7.49. The van der Waals surface area contributed by atoms with Crippen LogP contribution in [0.25, 0.3) is 0 Å². The second kappa shape index (κ2) is 6.68. The lowest BCUT2D eigenvalue weighted by molar-refractivity contribution is 0.0918. The lowest BCUT2D eigenvalue weighted by atomic mass is 10.1.